The van der Waals surface area contributed by atoms with E-state index in [1.165, 1.54) is 0 Å². The molecule has 1 saturated heterocycles. The maximum Gasteiger partial charge on any atom is 0.257 e. The third-order valence-electron chi connectivity index (χ3n) is 9.71. The molecule has 0 radical (unpaired) electrons. The maximum atomic E-state index is 14.2. The normalized spacial score (nSPS) is 18.4. The summed E-state index contributed by atoms with van der Waals surface area (Å²) in [7, 11) is 1.94. The van der Waals surface area contributed by atoms with Crippen LogP contribution in [0.4, 0.5) is 22.0 Å². The summed E-state index contributed by atoms with van der Waals surface area (Å²) in [4.78, 5) is 14.6. The molecule has 5 atom stereocenters. The number of nitrogens with zero attached hydrogens (tertiary/aromatic N) is 1. The lowest BCUT2D eigenvalue weighted by atomic mass is 9.97. The van der Waals surface area contributed by atoms with Gasteiger partial charge in [-0.25, -0.2) is 22.0 Å². The zero-order valence-electron chi connectivity index (χ0n) is 29.5. The number of likely N-dealkylation sites (N-methyl/N-ethyl adjacent to an activating group) is 1. The second-order valence-corrected chi connectivity index (χ2v) is 13.3. The molecule has 0 aromatic heterocycles. The Kier molecular flexibility index (Phi) is 12.2. The summed E-state index contributed by atoms with van der Waals surface area (Å²) in [6.45, 7) is 2.11. The molecule has 5 aromatic carbocycles. The SMILES string of the molecule is C[C@H]([C@@H](O)c1ccccc1)N(C)C[C@@H]1C[C@H](c2ccc(CO)cc2)O[C@H](c2cccc(-c3cccc(CNC(=O)c4c(F)c(F)c(F)c(F)c4F)c3)c2)O1. The van der Waals surface area contributed by atoms with E-state index < -0.39 is 53.0 Å². The van der Waals surface area contributed by atoms with Crippen LogP contribution in [0.3, 0.4) is 0 Å². The van der Waals surface area contributed by atoms with Gasteiger partial charge < -0.3 is 25.0 Å². The van der Waals surface area contributed by atoms with Gasteiger partial charge in [0.15, 0.2) is 29.6 Å². The fraction of sp³-hybridized carbons (Fsp3) is 0.262. The van der Waals surface area contributed by atoms with Crippen LogP contribution in [0, 0.1) is 29.1 Å². The number of hydrogen-bond donors (Lipinski definition) is 3. The van der Waals surface area contributed by atoms with Gasteiger partial charge >= 0.3 is 0 Å². The zero-order valence-corrected chi connectivity index (χ0v) is 29.5. The molecule has 1 fully saturated rings. The molecular formula is C42H39F5N2O5. The number of rotatable bonds is 12. The van der Waals surface area contributed by atoms with Crippen molar-refractivity contribution >= 4 is 5.91 Å². The molecule has 0 unspecified atom stereocenters. The van der Waals surface area contributed by atoms with Crippen LogP contribution in [0.25, 0.3) is 11.1 Å². The summed E-state index contributed by atoms with van der Waals surface area (Å²) in [6.07, 6.45) is -1.61. The highest BCUT2D eigenvalue weighted by atomic mass is 19.2. The number of carbonyl (C=O) groups is 1. The first-order valence-electron chi connectivity index (χ1n) is 17.4. The molecular weight excluding hydrogens is 707 g/mol. The largest absolute Gasteiger partial charge is 0.392 e. The fourth-order valence-electron chi connectivity index (χ4n) is 6.49. The minimum absolute atomic E-state index is 0.0850. The van der Waals surface area contributed by atoms with Gasteiger partial charge in [0.05, 0.1) is 24.9 Å². The Morgan fingerprint density at radius 1 is 0.778 bits per heavy atom. The van der Waals surface area contributed by atoms with Gasteiger partial charge in [0, 0.05) is 31.1 Å². The van der Waals surface area contributed by atoms with Crippen molar-refractivity contribution in [3.05, 3.63) is 166 Å². The van der Waals surface area contributed by atoms with E-state index in [2.05, 4.69) is 10.2 Å². The molecule has 7 nitrogen and oxygen atoms in total. The van der Waals surface area contributed by atoms with E-state index >= 15 is 0 Å². The third-order valence-corrected chi connectivity index (χ3v) is 9.71. The zero-order chi connectivity index (χ0) is 38.5. The van der Waals surface area contributed by atoms with Crippen molar-refractivity contribution in [1.29, 1.82) is 0 Å². The number of halogens is 5. The summed E-state index contributed by atoms with van der Waals surface area (Å²) in [5.41, 5.74) is 3.64. The topological polar surface area (TPSA) is 91.3 Å². The summed E-state index contributed by atoms with van der Waals surface area (Å²) in [5, 5.41) is 22.9. The second-order valence-electron chi connectivity index (χ2n) is 13.3. The van der Waals surface area contributed by atoms with Gasteiger partial charge in [-0.3, -0.25) is 9.69 Å². The Morgan fingerprint density at radius 3 is 2.07 bits per heavy atom. The van der Waals surface area contributed by atoms with Crippen LogP contribution in [0.15, 0.2) is 103 Å². The molecule has 0 bridgehead atoms. The Labute approximate surface area is 309 Å². The standard InChI is InChI=1S/C42H39F5N2O5/c1-24(40(51)28-9-4-3-5-10-28)49(2)22-32-20-33(27-16-14-25(23-50)15-17-27)54-42(53-32)31-13-7-12-30(19-31)29-11-6-8-26(18-29)21-48-41(52)34-35(43)37(45)39(47)38(46)36(34)44/h3-19,24,32-33,40,42,50-51H,20-23H2,1-2H3,(H,48,52)/t24-,32+,33-,40-,42-/m1/s1. The monoisotopic (exact) mass is 746 g/mol. The first kappa shape index (κ1) is 38.7. The van der Waals surface area contributed by atoms with Crippen molar-refractivity contribution in [2.45, 2.75) is 57.1 Å². The Morgan fingerprint density at radius 2 is 1.41 bits per heavy atom. The van der Waals surface area contributed by atoms with Gasteiger partial charge in [0.25, 0.3) is 5.91 Å². The second kappa shape index (κ2) is 17.0. The quantitative estimate of drug-likeness (QED) is 0.0680. The molecule has 1 aliphatic heterocycles. The lowest BCUT2D eigenvalue weighted by Gasteiger charge is -2.39. The summed E-state index contributed by atoms with van der Waals surface area (Å²) in [5.74, 6) is -12.6. The molecule has 12 heteroatoms. The van der Waals surface area contributed by atoms with Gasteiger partial charge in [-0.1, -0.05) is 91.0 Å². The Bertz CT molecular complexity index is 2060. The van der Waals surface area contributed by atoms with Gasteiger partial charge in [0.2, 0.25) is 5.82 Å². The van der Waals surface area contributed by atoms with Crippen molar-refractivity contribution in [3.8, 4) is 11.1 Å². The van der Waals surface area contributed by atoms with Crippen molar-refractivity contribution in [3.63, 3.8) is 0 Å². The molecule has 1 aliphatic rings. The van der Waals surface area contributed by atoms with Crippen molar-refractivity contribution in [1.82, 2.24) is 10.2 Å². The third kappa shape index (κ3) is 8.53. The van der Waals surface area contributed by atoms with Crippen LogP contribution >= 0.6 is 0 Å². The number of aliphatic hydroxyl groups is 2. The van der Waals surface area contributed by atoms with E-state index in [0.29, 0.717) is 24.1 Å². The molecule has 6 rings (SSSR count). The first-order valence-corrected chi connectivity index (χ1v) is 17.4. The molecule has 0 saturated carbocycles. The smallest absolute Gasteiger partial charge is 0.257 e. The predicted molar refractivity (Wildman–Crippen MR) is 191 cm³/mol. The van der Waals surface area contributed by atoms with Crippen LogP contribution in [0.2, 0.25) is 0 Å². The van der Waals surface area contributed by atoms with E-state index in [9.17, 15) is 37.0 Å². The molecule has 282 valence electrons. The highest BCUT2D eigenvalue weighted by Gasteiger charge is 2.34. The minimum atomic E-state index is -2.34. The predicted octanol–water partition coefficient (Wildman–Crippen LogP) is 8.07. The first-order chi connectivity index (χ1) is 25.9. The van der Waals surface area contributed by atoms with Crippen molar-refractivity contribution < 1.29 is 46.4 Å². The number of aliphatic hydroxyl groups excluding tert-OH is 2. The number of benzene rings is 5. The lowest BCUT2D eigenvalue weighted by Crippen LogP contribution is -2.43. The summed E-state index contributed by atoms with van der Waals surface area (Å²) in [6, 6.07) is 31.2. The number of amides is 1. The van der Waals surface area contributed by atoms with E-state index in [4.69, 9.17) is 9.47 Å². The number of hydrogen-bond acceptors (Lipinski definition) is 6. The maximum absolute atomic E-state index is 14.2. The van der Waals surface area contributed by atoms with Gasteiger partial charge in [0.1, 0.15) is 5.56 Å². The van der Waals surface area contributed by atoms with Gasteiger partial charge in [-0.05, 0) is 59.5 Å². The molecule has 1 amide bonds. The van der Waals surface area contributed by atoms with Gasteiger partial charge in [-0.2, -0.15) is 0 Å². The molecule has 1 heterocycles. The average Bonchev–Trinajstić information content (AvgIpc) is 3.21. The van der Waals surface area contributed by atoms with E-state index in [0.717, 1.165) is 27.8 Å². The van der Waals surface area contributed by atoms with E-state index in [1.807, 2.05) is 98.9 Å². The van der Waals surface area contributed by atoms with Crippen LogP contribution in [-0.4, -0.2) is 46.8 Å². The summed E-state index contributed by atoms with van der Waals surface area (Å²) < 4.78 is 82.4. The fourth-order valence-corrected chi connectivity index (χ4v) is 6.49. The number of ether oxygens (including phenoxy) is 2. The van der Waals surface area contributed by atoms with Crippen LogP contribution in [0.5, 0.6) is 0 Å². The van der Waals surface area contributed by atoms with E-state index in [1.54, 1.807) is 18.2 Å². The van der Waals surface area contributed by atoms with Crippen LogP contribution in [0.1, 0.15) is 70.0 Å². The van der Waals surface area contributed by atoms with Crippen LogP contribution < -0.4 is 5.32 Å². The number of nitrogens with one attached hydrogen (secondary N) is 1. The van der Waals surface area contributed by atoms with Crippen LogP contribution in [-0.2, 0) is 22.6 Å². The Hall–Kier alpha value is -4.98. The highest BCUT2D eigenvalue weighted by molar-refractivity contribution is 5.94. The summed E-state index contributed by atoms with van der Waals surface area (Å²) >= 11 is 0. The van der Waals surface area contributed by atoms with Crippen molar-refractivity contribution in [2.75, 3.05) is 13.6 Å². The molecule has 3 N–H and O–H groups in total. The molecule has 0 aliphatic carbocycles. The minimum Gasteiger partial charge on any atom is -0.392 e. The van der Waals surface area contributed by atoms with Gasteiger partial charge in [-0.15, -0.1) is 0 Å². The molecule has 5 aromatic rings. The lowest BCUT2D eigenvalue weighted by molar-refractivity contribution is -0.253. The van der Waals surface area contributed by atoms with E-state index in [-0.39, 0.29) is 31.4 Å². The molecule has 54 heavy (non-hydrogen) atoms. The number of carbonyl (C=O) groups excluding carboxylic acids is 1. The van der Waals surface area contributed by atoms with Crippen molar-refractivity contribution in [2.24, 2.45) is 0 Å². The average molecular weight is 747 g/mol. The highest BCUT2D eigenvalue weighted by Crippen LogP contribution is 2.39. The Balaban J connectivity index is 1.21. The molecule has 0 spiro atoms.